The zero-order chi connectivity index (χ0) is 21.8. The largest absolute Gasteiger partial charge is 0.496 e. The number of hydrogen-bond acceptors (Lipinski definition) is 8. The Kier molecular flexibility index (Phi) is 6.40. The molecule has 0 radical (unpaired) electrons. The van der Waals surface area contributed by atoms with Crippen LogP contribution in [0.2, 0.25) is 0 Å². The molecule has 0 saturated carbocycles. The van der Waals surface area contributed by atoms with Crippen molar-refractivity contribution in [3.63, 3.8) is 0 Å². The minimum atomic E-state index is -0.403. The van der Waals surface area contributed by atoms with E-state index in [1.54, 1.807) is 25.1 Å². The first kappa shape index (κ1) is 21.4. The lowest BCUT2D eigenvalue weighted by Gasteiger charge is -2.06. The third-order valence-electron chi connectivity index (χ3n) is 4.31. The summed E-state index contributed by atoms with van der Waals surface area (Å²) in [6, 6.07) is 4.92. The molecule has 0 aliphatic carbocycles. The molecule has 0 amide bonds. The first-order valence-electron chi connectivity index (χ1n) is 8.83. The highest BCUT2D eigenvalue weighted by Gasteiger charge is 2.24. The highest BCUT2D eigenvalue weighted by Crippen LogP contribution is 2.30. The van der Waals surface area contributed by atoms with Crippen LogP contribution in [0.3, 0.4) is 0 Å². The molecular formula is C19H18BrN5O5. The molecule has 3 rings (SSSR count). The number of ketones is 1. The van der Waals surface area contributed by atoms with Crippen LogP contribution in [0.5, 0.6) is 5.75 Å². The second kappa shape index (κ2) is 8.99. The van der Waals surface area contributed by atoms with Crippen LogP contribution >= 0.6 is 15.9 Å². The summed E-state index contributed by atoms with van der Waals surface area (Å²) in [5.74, 6) is 0.0683. The minimum absolute atomic E-state index is 0.102. The molecule has 0 aliphatic heterocycles. The van der Waals surface area contributed by atoms with Crippen LogP contribution in [0.4, 0.5) is 0 Å². The van der Waals surface area contributed by atoms with Crippen LogP contribution in [0, 0.1) is 6.92 Å². The summed E-state index contributed by atoms with van der Waals surface area (Å²) in [7, 11) is 1.53. The number of ether oxygens (including phenoxy) is 2. The molecule has 2 heterocycles. The number of esters is 1. The molecule has 30 heavy (non-hydrogen) atoms. The average molecular weight is 476 g/mol. The maximum Gasteiger partial charge on any atom is 0.302 e. The van der Waals surface area contributed by atoms with Crippen molar-refractivity contribution >= 4 is 34.0 Å². The Hall–Kier alpha value is -3.34. The summed E-state index contributed by atoms with van der Waals surface area (Å²) < 4.78 is 10.7. The number of tetrazole rings is 1. The molecule has 10 nitrogen and oxygen atoms in total. The molecule has 1 N–H and O–H groups in total. The summed E-state index contributed by atoms with van der Waals surface area (Å²) in [5.41, 5.74) is 1.67. The number of nitrogens with one attached hydrogen (secondary N) is 1. The lowest BCUT2D eigenvalue weighted by Crippen LogP contribution is -2.11. The number of aldehydes is 1. The van der Waals surface area contributed by atoms with E-state index in [1.165, 1.54) is 18.8 Å². The molecule has 0 fully saturated rings. The van der Waals surface area contributed by atoms with Gasteiger partial charge in [-0.15, -0.1) is 10.2 Å². The Balaban J connectivity index is 1.92. The molecule has 3 aromatic rings. The zero-order valence-corrected chi connectivity index (χ0v) is 18.0. The van der Waals surface area contributed by atoms with Gasteiger partial charge in [-0.05, 0) is 51.8 Å². The number of aromatic amines is 1. The monoisotopic (exact) mass is 475 g/mol. The third kappa shape index (κ3) is 4.30. The van der Waals surface area contributed by atoms with Gasteiger partial charge in [-0.1, -0.05) is 0 Å². The zero-order valence-electron chi connectivity index (χ0n) is 16.4. The topological polar surface area (TPSA) is 129 Å². The van der Waals surface area contributed by atoms with Gasteiger partial charge >= 0.3 is 5.97 Å². The van der Waals surface area contributed by atoms with Gasteiger partial charge in [0.2, 0.25) is 5.82 Å². The molecule has 2 aromatic heterocycles. The van der Waals surface area contributed by atoms with Crippen molar-refractivity contribution < 1.29 is 23.9 Å². The van der Waals surface area contributed by atoms with E-state index in [9.17, 15) is 14.4 Å². The van der Waals surface area contributed by atoms with Crippen LogP contribution in [-0.2, 0) is 16.1 Å². The fourth-order valence-electron chi connectivity index (χ4n) is 2.88. The van der Waals surface area contributed by atoms with Crippen LogP contribution < -0.4 is 4.74 Å². The third-order valence-corrected chi connectivity index (χ3v) is 4.93. The number of H-pyrrole nitrogens is 1. The summed E-state index contributed by atoms with van der Waals surface area (Å²) in [4.78, 5) is 39.7. The molecule has 0 aliphatic rings. The lowest BCUT2D eigenvalue weighted by atomic mass is 9.99. The molecule has 0 unspecified atom stereocenters. The number of halogens is 1. The highest BCUT2D eigenvalue weighted by atomic mass is 79.9. The number of nitrogens with zero attached hydrogens (tertiary/aromatic N) is 4. The van der Waals surface area contributed by atoms with Gasteiger partial charge in [-0.2, -0.15) is 4.80 Å². The van der Waals surface area contributed by atoms with Gasteiger partial charge < -0.3 is 14.5 Å². The van der Waals surface area contributed by atoms with Gasteiger partial charge in [0.05, 0.1) is 35.1 Å². The second-order valence-corrected chi connectivity index (χ2v) is 7.11. The van der Waals surface area contributed by atoms with Crippen molar-refractivity contribution in [2.24, 2.45) is 0 Å². The van der Waals surface area contributed by atoms with Crippen molar-refractivity contribution in [2.45, 2.75) is 20.4 Å². The van der Waals surface area contributed by atoms with Crippen molar-refractivity contribution in [1.29, 1.82) is 0 Å². The van der Waals surface area contributed by atoms with Gasteiger partial charge in [0.1, 0.15) is 12.4 Å². The van der Waals surface area contributed by atoms with Crippen LogP contribution in [0.1, 0.15) is 38.9 Å². The van der Waals surface area contributed by atoms with E-state index in [-0.39, 0.29) is 36.0 Å². The Bertz CT molecular complexity index is 1120. The van der Waals surface area contributed by atoms with Gasteiger partial charge in [0.15, 0.2) is 12.1 Å². The Morgan fingerprint density at radius 2 is 2.10 bits per heavy atom. The van der Waals surface area contributed by atoms with E-state index in [0.717, 1.165) is 0 Å². The van der Waals surface area contributed by atoms with E-state index < -0.39 is 5.97 Å². The van der Waals surface area contributed by atoms with Crippen molar-refractivity contribution in [2.75, 3.05) is 13.7 Å². The maximum atomic E-state index is 13.1. The quantitative estimate of drug-likeness (QED) is 0.298. The van der Waals surface area contributed by atoms with Gasteiger partial charge in [0, 0.05) is 12.5 Å². The number of benzene rings is 1. The van der Waals surface area contributed by atoms with Crippen molar-refractivity contribution in [1.82, 2.24) is 25.2 Å². The lowest BCUT2D eigenvalue weighted by molar-refractivity contribution is -0.141. The number of carbonyl (C=O) groups excluding carboxylic acids is 3. The number of rotatable bonds is 8. The van der Waals surface area contributed by atoms with E-state index in [1.807, 2.05) is 0 Å². The molecular weight excluding hydrogens is 458 g/mol. The summed E-state index contributed by atoms with van der Waals surface area (Å²) in [5, 5.41) is 12.1. The fourth-order valence-corrected chi connectivity index (χ4v) is 3.42. The molecule has 0 atom stereocenters. The van der Waals surface area contributed by atoms with E-state index in [2.05, 4.69) is 36.3 Å². The van der Waals surface area contributed by atoms with Crippen LogP contribution in [-0.4, -0.2) is 56.9 Å². The number of carbonyl (C=O) groups is 3. The molecule has 0 bridgehead atoms. The minimum Gasteiger partial charge on any atom is -0.496 e. The predicted octanol–water partition coefficient (Wildman–Crippen LogP) is 2.35. The first-order chi connectivity index (χ1) is 14.3. The number of methoxy groups -OCH3 is 1. The molecule has 0 saturated heterocycles. The van der Waals surface area contributed by atoms with E-state index in [0.29, 0.717) is 33.3 Å². The second-order valence-electron chi connectivity index (χ2n) is 6.26. The summed E-state index contributed by atoms with van der Waals surface area (Å²) >= 11 is 3.36. The normalized spacial score (nSPS) is 10.7. The van der Waals surface area contributed by atoms with Crippen LogP contribution in [0.15, 0.2) is 22.7 Å². The molecule has 1 aromatic carbocycles. The molecule has 0 spiro atoms. The predicted molar refractivity (Wildman–Crippen MR) is 108 cm³/mol. The SMILES string of the molecule is COc1ccc(C(=O)c2c(C=O)[nH]c(-c3nnn(CCOC(C)=O)n3)c2C)cc1Br. The standard InChI is InChI=1S/C19H18BrN5O5/c1-10-16(18(28)12-4-5-15(29-3)13(20)8-12)14(9-26)21-17(10)19-22-24-25(23-19)6-7-30-11(2)27/h4-5,8-9,21H,6-7H2,1-3H3. The average Bonchev–Trinajstić information content (AvgIpc) is 3.31. The van der Waals surface area contributed by atoms with Crippen molar-refractivity contribution in [3.8, 4) is 17.3 Å². The highest BCUT2D eigenvalue weighted by molar-refractivity contribution is 9.10. The summed E-state index contributed by atoms with van der Waals surface area (Å²) in [6.07, 6.45) is 0.577. The maximum absolute atomic E-state index is 13.1. The fraction of sp³-hybridized carbons (Fsp3) is 0.263. The number of hydrogen-bond donors (Lipinski definition) is 1. The number of aromatic nitrogens is 5. The summed E-state index contributed by atoms with van der Waals surface area (Å²) in [6.45, 7) is 3.33. The Morgan fingerprint density at radius 3 is 2.73 bits per heavy atom. The smallest absolute Gasteiger partial charge is 0.302 e. The van der Waals surface area contributed by atoms with E-state index in [4.69, 9.17) is 9.47 Å². The van der Waals surface area contributed by atoms with E-state index >= 15 is 0 Å². The molecule has 156 valence electrons. The Morgan fingerprint density at radius 1 is 1.33 bits per heavy atom. The van der Waals surface area contributed by atoms with Gasteiger partial charge in [-0.25, -0.2) is 0 Å². The Labute approximate surface area is 179 Å². The van der Waals surface area contributed by atoms with Gasteiger partial charge in [0.25, 0.3) is 0 Å². The first-order valence-corrected chi connectivity index (χ1v) is 9.62. The van der Waals surface area contributed by atoms with Gasteiger partial charge in [-0.3, -0.25) is 14.4 Å². The molecule has 11 heteroatoms. The van der Waals surface area contributed by atoms with Crippen molar-refractivity contribution in [3.05, 3.63) is 45.1 Å². The van der Waals surface area contributed by atoms with Crippen LogP contribution in [0.25, 0.3) is 11.5 Å².